The van der Waals surface area contributed by atoms with Crippen LogP contribution in [0.2, 0.25) is 0 Å². The highest BCUT2D eigenvalue weighted by Crippen LogP contribution is 2.13. The Kier molecular flexibility index (Phi) is 12.0. The first kappa shape index (κ1) is 29.7. The maximum Gasteiger partial charge on any atom is 0.326 e. The van der Waals surface area contributed by atoms with Gasteiger partial charge in [-0.25, -0.2) is 4.79 Å². The van der Waals surface area contributed by atoms with Gasteiger partial charge in [0, 0.05) is 12.2 Å². The second-order valence-electron chi connectivity index (χ2n) is 8.16. The summed E-state index contributed by atoms with van der Waals surface area (Å²) in [4.78, 5) is 61.0. The van der Waals surface area contributed by atoms with Crippen molar-refractivity contribution < 1.29 is 34.2 Å². The van der Waals surface area contributed by atoms with E-state index in [4.69, 9.17) is 11.5 Å². The van der Waals surface area contributed by atoms with Gasteiger partial charge >= 0.3 is 5.97 Å². The first-order chi connectivity index (χ1) is 16.4. The van der Waals surface area contributed by atoms with Crippen LogP contribution in [0.15, 0.2) is 24.3 Å². The van der Waals surface area contributed by atoms with Crippen LogP contribution in [-0.2, 0) is 30.4 Å². The lowest BCUT2D eigenvalue weighted by Gasteiger charge is -2.28. The molecule has 0 radical (unpaired) electrons. The minimum Gasteiger partial charge on any atom is -0.508 e. The fraction of sp³-hybridized carbons (Fsp3) is 0.500. The number of rotatable bonds is 14. The summed E-state index contributed by atoms with van der Waals surface area (Å²) in [6.45, 7) is 3.45. The van der Waals surface area contributed by atoms with Gasteiger partial charge in [-0.05, 0) is 23.6 Å². The molecule has 0 spiro atoms. The van der Waals surface area contributed by atoms with E-state index in [9.17, 15) is 34.2 Å². The molecule has 0 fully saturated rings. The summed E-state index contributed by atoms with van der Waals surface area (Å²) in [7, 11) is 0. The predicted molar refractivity (Wildman–Crippen MR) is 130 cm³/mol. The average molecular weight is 512 g/mol. The third kappa shape index (κ3) is 9.83. The second kappa shape index (κ2) is 14.2. The summed E-state index contributed by atoms with van der Waals surface area (Å²) >= 11 is 3.99. The summed E-state index contributed by atoms with van der Waals surface area (Å²) < 4.78 is 0. The molecule has 0 saturated heterocycles. The molecule has 35 heavy (non-hydrogen) atoms. The number of nitrogens with one attached hydrogen (secondary N) is 3. The highest BCUT2D eigenvalue weighted by molar-refractivity contribution is 7.80. The predicted octanol–water partition coefficient (Wildman–Crippen LogP) is -1.35. The number of aliphatic carboxylic acids is 1. The highest BCUT2D eigenvalue weighted by Gasteiger charge is 2.33. The van der Waals surface area contributed by atoms with Gasteiger partial charge in [0.15, 0.2) is 0 Å². The molecule has 5 unspecified atom stereocenters. The number of aromatic hydroxyl groups is 1. The molecule has 9 N–H and O–H groups in total. The Morgan fingerprint density at radius 2 is 1.54 bits per heavy atom. The maximum absolute atomic E-state index is 13.2. The fourth-order valence-electron chi connectivity index (χ4n) is 3.06. The number of phenolic OH excluding ortho intramolecular Hbond substituents is 1. The highest BCUT2D eigenvalue weighted by atomic mass is 32.1. The quantitative estimate of drug-likeness (QED) is 0.139. The van der Waals surface area contributed by atoms with Crippen LogP contribution < -0.4 is 27.4 Å². The second-order valence-corrected chi connectivity index (χ2v) is 8.53. The van der Waals surface area contributed by atoms with Crippen molar-refractivity contribution in [3.8, 4) is 5.75 Å². The maximum atomic E-state index is 13.2. The molecule has 0 aliphatic heterocycles. The Hall–Kier alpha value is -3.32. The molecule has 1 aromatic rings. The van der Waals surface area contributed by atoms with E-state index in [-0.39, 0.29) is 17.9 Å². The van der Waals surface area contributed by atoms with Crippen LogP contribution >= 0.6 is 12.6 Å². The van der Waals surface area contributed by atoms with Gasteiger partial charge in [0.25, 0.3) is 0 Å². The zero-order chi connectivity index (χ0) is 26.7. The van der Waals surface area contributed by atoms with Gasteiger partial charge in [0.1, 0.15) is 23.9 Å². The van der Waals surface area contributed by atoms with Crippen molar-refractivity contribution in [2.75, 3.05) is 5.75 Å². The zero-order valence-electron chi connectivity index (χ0n) is 19.6. The first-order valence-electron chi connectivity index (χ1n) is 11.0. The average Bonchev–Trinajstić information content (AvgIpc) is 2.81. The lowest BCUT2D eigenvalue weighted by Crippen LogP contribution is -2.59. The molecule has 0 aliphatic rings. The molecule has 0 aliphatic carbocycles. The zero-order valence-corrected chi connectivity index (χ0v) is 20.5. The normalized spacial score (nSPS) is 15.1. The third-order valence-electron chi connectivity index (χ3n) is 5.36. The SMILES string of the molecule is CCC(C)C(NC(=O)C(Cc1ccc(O)cc1)NC(=O)C(N)CS)C(=O)NC(CC(N)=O)C(=O)O. The molecule has 12 nitrogen and oxygen atoms in total. The van der Waals surface area contributed by atoms with Crippen LogP contribution in [0.3, 0.4) is 0 Å². The van der Waals surface area contributed by atoms with Crippen molar-refractivity contribution in [2.24, 2.45) is 17.4 Å². The van der Waals surface area contributed by atoms with Crippen LogP contribution in [0.1, 0.15) is 32.3 Å². The van der Waals surface area contributed by atoms with Crippen LogP contribution in [0.4, 0.5) is 0 Å². The molecule has 0 aromatic heterocycles. The standard InChI is InChI=1S/C22H33N5O7S/c1-3-11(2)18(21(32)26-16(22(33)34)9-17(24)29)27-20(31)15(25-19(30)14(23)10-35)8-12-4-6-13(28)7-5-12/h4-7,11,14-16,18,28,35H,3,8-10,23H2,1-2H3,(H2,24,29)(H,25,30)(H,26,32)(H,27,31)(H,33,34). The third-order valence-corrected chi connectivity index (χ3v) is 5.75. The van der Waals surface area contributed by atoms with E-state index in [1.807, 2.05) is 0 Å². The molecule has 4 amide bonds. The van der Waals surface area contributed by atoms with Gasteiger partial charge in [0.2, 0.25) is 23.6 Å². The number of carboxylic acid groups (broad SMARTS) is 1. The summed E-state index contributed by atoms with van der Waals surface area (Å²) in [5, 5.41) is 26.1. The van der Waals surface area contributed by atoms with E-state index >= 15 is 0 Å². The number of benzene rings is 1. The Labute approximate surface area is 208 Å². The summed E-state index contributed by atoms with van der Waals surface area (Å²) in [5.74, 6) is -4.89. The van der Waals surface area contributed by atoms with E-state index in [0.717, 1.165) is 0 Å². The number of hydrogen-bond acceptors (Lipinski definition) is 8. The van der Waals surface area contributed by atoms with Crippen LogP contribution in [-0.4, -0.2) is 69.7 Å². The molecule has 5 atom stereocenters. The van der Waals surface area contributed by atoms with E-state index in [1.165, 1.54) is 12.1 Å². The number of nitrogens with two attached hydrogens (primary N) is 2. The van der Waals surface area contributed by atoms with Crippen LogP contribution in [0.25, 0.3) is 0 Å². The number of carbonyl (C=O) groups is 5. The van der Waals surface area contributed by atoms with Gasteiger partial charge in [-0.1, -0.05) is 32.4 Å². The number of phenols is 1. The molecule has 194 valence electrons. The Morgan fingerprint density at radius 1 is 0.971 bits per heavy atom. The van der Waals surface area contributed by atoms with Crippen molar-refractivity contribution in [3.63, 3.8) is 0 Å². The van der Waals surface area contributed by atoms with E-state index in [1.54, 1.807) is 26.0 Å². The largest absolute Gasteiger partial charge is 0.508 e. The number of thiol groups is 1. The Morgan fingerprint density at radius 3 is 2.03 bits per heavy atom. The van der Waals surface area contributed by atoms with Gasteiger partial charge in [-0.15, -0.1) is 0 Å². The summed E-state index contributed by atoms with van der Waals surface area (Å²) in [6, 6.07) is 1.13. The number of primary amides is 1. The molecule has 1 rings (SSSR count). The fourth-order valence-corrected chi connectivity index (χ4v) is 3.22. The van der Waals surface area contributed by atoms with E-state index < -0.39 is 66.1 Å². The molecular formula is C22H33N5O7S. The monoisotopic (exact) mass is 511 g/mol. The van der Waals surface area contributed by atoms with Crippen molar-refractivity contribution in [1.82, 2.24) is 16.0 Å². The van der Waals surface area contributed by atoms with E-state index in [0.29, 0.717) is 12.0 Å². The molecule has 0 saturated carbocycles. The van der Waals surface area contributed by atoms with Crippen molar-refractivity contribution in [2.45, 2.75) is 57.3 Å². The van der Waals surface area contributed by atoms with Gasteiger partial charge in [-0.2, -0.15) is 12.6 Å². The van der Waals surface area contributed by atoms with Gasteiger partial charge < -0.3 is 37.6 Å². The number of hydrogen-bond donors (Lipinski definition) is 8. The Balaban J connectivity index is 3.14. The summed E-state index contributed by atoms with van der Waals surface area (Å²) in [6.07, 6.45) is -0.153. The molecule has 1 aromatic carbocycles. The van der Waals surface area contributed by atoms with Crippen molar-refractivity contribution in [1.29, 1.82) is 0 Å². The topological polar surface area (TPSA) is 214 Å². The minimum absolute atomic E-state index is 0.0193. The van der Waals surface area contributed by atoms with Gasteiger partial charge in [0.05, 0.1) is 12.5 Å². The number of amides is 4. The smallest absolute Gasteiger partial charge is 0.326 e. The van der Waals surface area contributed by atoms with Gasteiger partial charge in [-0.3, -0.25) is 19.2 Å². The van der Waals surface area contributed by atoms with E-state index in [2.05, 4.69) is 28.6 Å². The van der Waals surface area contributed by atoms with Crippen molar-refractivity contribution in [3.05, 3.63) is 29.8 Å². The molecule has 13 heteroatoms. The lowest BCUT2D eigenvalue weighted by molar-refractivity contribution is -0.144. The minimum atomic E-state index is -1.57. The number of carboxylic acids is 1. The van der Waals surface area contributed by atoms with Crippen molar-refractivity contribution >= 4 is 42.2 Å². The van der Waals surface area contributed by atoms with Crippen LogP contribution in [0.5, 0.6) is 5.75 Å². The lowest BCUT2D eigenvalue weighted by atomic mass is 9.96. The molecule has 0 bridgehead atoms. The van der Waals surface area contributed by atoms with Crippen LogP contribution in [0, 0.1) is 5.92 Å². The molecular weight excluding hydrogens is 478 g/mol. The Bertz CT molecular complexity index is 912. The molecule has 0 heterocycles. The summed E-state index contributed by atoms with van der Waals surface area (Å²) in [5.41, 5.74) is 11.4. The number of carbonyl (C=O) groups excluding carboxylic acids is 4. The first-order valence-corrected chi connectivity index (χ1v) is 11.6.